The highest BCUT2D eigenvalue weighted by molar-refractivity contribution is 14.1. The number of fused-ring (bicyclic) bond motifs is 3. The fraction of sp³-hybridized carbons (Fsp3) is 0.420. The van der Waals surface area contributed by atoms with Gasteiger partial charge in [0.2, 0.25) is 53.7 Å². The molecule has 8 saturated heterocycles. The number of pyridine rings is 5. The Balaban J connectivity index is 0.000000125. The van der Waals surface area contributed by atoms with Gasteiger partial charge in [0, 0.05) is 178 Å². The lowest BCUT2D eigenvalue weighted by atomic mass is 9.77. The minimum absolute atomic E-state index is 0.00585. The number of piperidine rings is 4. The van der Waals surface area contributed by atoms with Crippen LogP contribution < -0.4 is 53.8 Å². The average Bonchev–Trinajstić information content (AvgIpc) is 1.56. The Bertz CT molecular complexity index is 6020. The number of sulfonamides is 3. The molecule has 36 heteroatoms. The number of nitrogens with one attached hydrogen (secondary N) is 4. The third-order valence-electron chi connectivity index (χ3n) is 26.1. The summed E-state index contributed by atoms with van der Waals surface area (Å²) < 4.78 is 83.4. The number of anilines is 7. The third-order valence-corrected chi connectivity index (χ3v) is 37.2. The number of amides is 4. The van der Waals surface area contributed by atoms with Crippen LogP contribution in [0.1, 0.15) is 105 Å². The molecule has 8 aromatic rings. The van der Waals surface area contributed by atoms with Crippen LogP contribution in [0.15, 0.2) is 117 Å². The summed E-state index contributed by atoms with van der Waals surface area (Å²) in [6.45, 7) is 16.4. The third kappa shape index (κ3) is 18.7. The summed E-state index contributed by atoms with van der Waals surface area (Å²) in [7, 11) is -6.73. The van der Waals surface area contributed by atoms with Gasteiger partial charge in [-0.15, -0.1) is 12.0 Å². The highest BCUT2D eigenvalue weighted by Gasteiger charge is 2.49. The Morgan fingerprint density at radius 1 is 0.387 bits per heavy atom. The molecule has 124 heavy (non-hydrogen) atoms. The van der Waals surface area contributed by atoms with Crippen LogP contribution in [0, 0.1) is 63.3 Å². The van der Waals surface area contributed by atoms with E-state index in [1.807, 2.05) is 91.8 Å². The molecule has 19 rings (SSSR count). The molecular formula is C88H96ClI5N16O10S3Si. The molecule has 652 valence electrons. The number of terminal acetylenes is 1. The first-order chi connectivity index (χ1) is 59.0. The quantitative estimate of drug-likeness (QED) is 0.0654. The van der Waals surface area contributed by atoms with Gasteiger partial charge in [-0.2, -0.15) is 0 Å². The number of carbonyl (C=O) groups excluding carboxylic acids is 4. The summed E-state index contributed by atoms with van der Waals surface area (Å²) in [6.07, 6.45) is 34.6. The minimum atomic E-state index is -3.31. The Labute approximate surface area is 800 Å². The molecule has 16 heterocycles. The van der Waals surface area contributed by atoms with Crippen molar-refractivity contribution in [3.63, 3.8) is 0 Å². The Morgan fingerprint density at radius 3 is 0.968 bits per heavy atom. The molecule has 0 bridgehead atoms. The lowest BCUT2D eigenvalue weighted by Gasteiger charge is -2.39. The zero-order chi connectivity index (χ0) is 88.2. The predicted octanol–water partition coefficient (Wildman–Crippen LogP) is 13.6. The molecule has 11 aliphatic rings. The van der Waals surface area contributed by atoms with Gasteiger partial charge < -0.3 is 40.9 Å². The van der Waals surface area contributed by atoms with Gasteiger partial charge in [-0.3, -0.25) is 57.0 Å². The first-order valence-electron chi connectivity index (χ1n) is 41.2. The monoisotopic (exact) mass is 2330 g/mol. The maximum atomic E-state index is 12.5. The van der Waals surface area contributed by atoms with Crippen LogP contribution in [0.4, 0.5) is 39.8 Å². The van der Waals surface area contributed by atoms with Gasteiger partial charge in [0.1, 0.15) is 8.07 Å². The number of benzene rings is 3. The van der Waals surface area contributed by atoms with E-state index in [1.54, 1.807) is 45.9 Å². The van der Waals surface area contributed by atoms with Crippen molar-refractivity contribution in [1.29, 1.82) is 0 Å². The molecular weight excluding hydrogens is 2240 g/mol. The van der Waals surface area contributed by atoms with E-state index < -0.39 is 38.1 Å². The van der Waals surface area contributed by atoms with Gasteiger partial charge in [-0.25, -0.2) is 25.3 Å². The van der Waals surface area contributed by atoms with Crippen molar-refractivity contribution >= 4 is 226 Å². The molecule has 0 saturated carbocycles. The first-order valence-corrected chi connectivity index (χ1v) is 55.3. The van der Waals surface area contributed by atoms with Crippen molar-refractivity contribution in [2.24, 2.45) is 21.7 Å². The van der Waals surface area contributed by atoms with Gasteiger partial charge in [0.05, 0.1) is 113 Å². The largest absolute Gasteiger partial charge is 0.370 e. The van der Waals surface area contributed by atoms with Crippen molar-refractivity contribution < 1.29 is 44.4 Å². The van der Waals surface area contributed by atoms with Gasteiger partial charge in [0.15, 0.2) is 0 Å². The zero-order valence-corrected chi connectivity index (χ0v) is 84.6. The maximum Gasteiger partial charge on any atom is 0.239 e. The molecule has 4 spiro atoms. The van der Waals surface area contributed by atoms with E-state index >= 15 is 0 Å². The van der Waals surface area contributed by atoms with Crippen molar-refractivity contribution in [3.8, 4) is 57.2 Å². The Hall–Kier alpha value is -6.98. The molecule has 11 aliphatic heterocycles. The normalized spacial score (nSPS) is 20.3. The van der Waals surface area contributed by atoms with Crippen LogP contribution in [0.3, 0.4) is 0 Å². The van der Waals surface area contributed by atoms with Crippen LogP contribution in [0.5, 0.6) is 0 Å². The summed E-state index contributed by atoms with van der Waals surface area (Å²) in [5.41, 5.74) is 18.9. The van der Waals surface area contributed by atoms with Crippen LogP contribution in [0.25, 0.3) is 33.4 Å². The fourth-order valence-corrected chi connectivity index (χ4v) is 27.6. The van der Waals surface area contributed by atoms with Gasteiger partial charge >= 0.3 is 0 Å². The Kier molecular flexibility index (Phi) is 27.3. The number of aromatic nitrogens is 5. The SMILES string of the molecule is C#Cc1cncc(-c2ccc3c(c2)CS(=O)(=O)N3C)c1N1CCC2(CCNC2=O)CC1.CN1c2ccc(-c3cncc(C#C[Si](C)(C)C)c3N3CCC4(CCNC4=O)CC3)cc2CS1(=O)=O.CN1c2ccc(-c3cncc(I)c3N3CCC4(CCNC4=O)CC3)cc2CS1(=O)=O.Clc1c(I)cncc1I.O=C1NCCC12CCN(c1c(I)cncc1I)CC2. The maximum absolute atomic E-state index is 12.5. The number of halogens is 6. The summed E-state index contributed by atoms with van der Waals surface area (Å²) in [6, 6.07) is 17.4. The standard InChI is InChI=1S/C26H32N4O3SSi.C23H24N4O3S.C21H23IN4O3S.C13H15I2N3O.C5H2ClI2N/c1-29-23-6-5-19(15-21(23)18-34(29,32)33)22-17-27-16-20(7-14-35(2,3)4)24(22)30-12-9-26(10-13-30)8-11-28-25(26)31;1-3-16-13-24-14-19(17-4-5-20-18(12-17)15-31(29,30)26(20)2)21(16)27-10-7-23(8-11-27)6-9-25-22(23)28;1-25-18-3-2-14(10-15(18)13-30(25,28)29)16-11-23-12-17(22)19(16)26-8-5-21(6-9-26)4-7-24-20(21)27;14-9-7-16-8-10(15)11(9)18-5-2-13(3-6-18)1-4-17-12(13)19;6-5-3(7)1-9-2-4(5)8/h5-6,15-17H,8-13,18H2,1-4H3,(H,28,31);1,4-5,12-14H,6-11,15H2,2H3,(H,25,28);2-3,10-12H,4-9,13H2,1H3,(H,24,27);7-8H,1-6H2,(H,17,19);1-2H. The van der Waals surface area contributed by atoms with Crippen LogP contribution >= 0.6 is 125 Å². The van der Waals surface area contributed by atoms with Crippen LogP contribution in [-0.2, 0) is 66.5 Å². The highest BCUT2D eigenvalue weighted by atomic mass is 127. The second-order valence-electron chi connectivity index (χ2n) is 34.5. The minimum Gasteiger partial charge on any atom is -0.370 e. The fourth-order valence-electron chi connectivity index (χ4n) is 18.8. The smallest absolute Gasteiger partial charge is 0.239 e. The average molecular weight is 2330 g/mol. The lowest BCUT2D eigenvalue weighted by molar-refractivity contribution is -0.129. The molecule has 3 aromatic carbocycles. The number of hydrogen-bond donors (Lipinski definition) is 4. The van der Waals surface area contributed by atoms with Gasteiger partial charge in [-0.05, 0) is 260 Å². The van der Waals surface area contributed by atoms with E-state index in [0.717, 1.165) is 255 Å². The predicted molar refractivity (Wildman–Crippen MR) is 533 cm³/mol. The van der Waals surface area contributed by atoms with E-state index in [0.29, 0.717) is 11.3 Å². The Morgan fingerprint density at radius 2 is 0.661 bits per heavy atom. The van der Waals surface area contributed by atoms with E-state index in [2.05, 4.69) is 216 Å². The van der Waals surface area contributed by atoms with Crippen molar-refractivity contribution in [2.75, 3.05) is 132 Å². The van der Waals surface area contributed by atoms with Gasteiger partial charge in [0.25, 0.3) is 0 Å². The molecule has 0 atom stereocenters. The van der Waals surface area contributed by atoms with Crippen molar-refractivity contribution in [2.45, 2.75) is 114 Å². The van der Waals surface area contributed by atoms with E-state index in [1.165, 1.54) is 25.7 Å². The molecule has 8 fully saturated rings. The molecule has 26 nitrogen and oxygen atoms in total. The second kappa shape index (κ2) is 36.9. The highest BCUT2D eigenvalue weighted by Crippen LogP contribution is 2.50. The van der Waals surface area contributed by atoms with E-state index in [9.17, 15) is 44.4 Å². The van der Waals surface area contributed by atoms with E-state index in [-0.39, 0.29) is 62.5 Å². The topological polar surface area (TPSA) is 306 Å². The number of carbonyl (C=O) groups is 4. The number of rotatable bonds is 7. The first kappa shape index (κ1) is 91.8. The molecule has 0 unspecified atom stereocenters. The molecule has 4 N–H and O–H groups in total. The number of nitrogens with zero attached hydrogens (tertiary/aromatic N) is 12. The van der Waals surface area contributed by atoms with Gasteiger partial charge in [-0.1, -0.05) is 61.3 Å². The second-order valence-corrected chi connectivity index (χ2v) is 51.4. The van der Waals surface area contributed by atoms with Crippen molar-refractivity contribution in [3.05, 3.63) is 167 Å². The van der Waals surface area contributed by atoms with Crippen LogP contribution in [-0.4, -0.2) is 182 Å². The molecule has 4 amide bonds. The summed E-state index contributed by atoms with van der Waals surface area (Å²) in [5.74, 6) is 7.04. The van der Waals surface area contributed by atoms with E-state index in [4.69, 9.17) is 18.0 Å². The van der Waals surface area contributed by atoms with Crippen molar-refractivity contribution in [1.82, 2.24) is 46.2 Å². The number of hydrogen-bond acceptors (Lipinski definition) is 19. The summed E-state index contributed by atoms with van der Waals surface area (Å²) >= 11 is 17.1. The van der Waals surface area contributed by atoms with Crippen LogP contribution in [0.2, 0.25) is 24.7 Å². The molecule has 0 radical (unpaired) electrons. The molecule has 5 aromatic heterocycles. The summed E-state index contributed by atoms with van der Waals surface area (Å²) in [5, 5.41) is 12.8. The molecule has 0 aliphatic carbocycles. The zero-order valence-electron chi connectivity index (χ0n) is 69.6. The summed E-state index contributed by atoms with van der Waals surface area (Å²) in [4.78, 5) is 80.0. The lowest BCUT2D eigenvalue weighted by Crippen LogP contribution is -2.44.